The molecule has 0 amide bonds. The third kappa shape index (κ3) is 3.78. The summed E-state index contributed by atoms with van der Waals surface area (Å²) in [6, 6.07) is 15.4. The van der Waals surface area contributed by atoms with Crippen LogP contribution in [-0.2, 0) is 0 Å². The number of nitrogens with zero attached hydrogens (tertiary/aromatic N) is 3. The summed E-state index contributed by atoms with van der Waals surface area (Å²) in [5, 5.41) is 6.26. The number of rotatable bonds is 6. The molecule has 3 aromatic rings. The molecule has 6 nitrogen and oxygen atoms in total. The van der Waals surface area contributed by atoms with Crippen LogP contribution in [0.1, 0.15) is 6.92 Å². The van der Waals surface area contributed by atoms with Crippen LogP contribution in [0.3, 0.4) is 0 Å². The van der Waals surface area contributed by atoms with Crippen molar-refractivity contribution in [1.82, 2.24) is 15.0 Å². The monoisotopic (exact) mass is 321 g/mol. The molecule has 0 aliphatic heterocycles. The zero-order valence-electron chi connectivity index (χ0n) is 13.7. The number of nitrogens with one attached hydrogen (secondary N) is 2. The van der Waals surface area contributed by atoms with Crippen LogP contribution in [0.4, 0.5) is 17.5 Å². The maximum Gasteiger partial charge on any atom is 0.225 e. The van der Waals surface area contributed by atoms with Gasteiger partial charge >= 0.3 is 0 Å². The molecule has 0 aliphatic rings. The molecule has 122 valence electrons. The number of aromatic nitrogens is 3. The number of hydrogen-bond acceptors (Lipinski definition) is 6. The molecule has 0 aliphatic carbocycles. The molecule has 1 aromatic carbocycles. The predicted molar refractivity (Wildman–Crippen MR) is 95.7 cm³/mol. The van der Waals surface area contributed by atoms with Crippen LogP contribution in [0.15, 0.2) is 54.7 Å². The van der Waals surface area contributed by atoms with E-state index in [9.17, 15) is 0 Å². The van der Waals surface area contributed by atoms with E-state index in [0.29, 0.717) is 18.4 Å². The maximum atomic E-state index is 5.45. The molecule has 2 heterocycles. The third-order valence-corrected chi connectivity index (χ3v) is 3.31. The quantitative estimate of drug-likeness (QED) is 0.721. The van der Waals surface area contributed by atoms with E-state index in [0.717, 1.165) is 22.8 Å². The maximum absolute atomic E-state index is 5.45. The van der Waals surface area contributed by atoms with Crippen LogP contribution in [0.5, 0.6) is 5.75 Å². The average Bonchev–Trinajstić information content (AvgIpc) is 2.64. The highest BCUT2D eigenvalue weighted by molar-refractivity contribution is 5.65. The van der Waals surface area contributed by atoms with Gasteiger partial charge in [-0.25, -0.2) is 4.98 Å². The largest absolute Gasteiger partial charge is 0.494 e. The standard InChI is InChI=1S/C18H19N5O/c1-3-24-14-9-7-13(8-10-14)21-17-12-16(22-18(19-2)23-17)15-6-4-5-11-20-15/h4-12H,3H2,1-2H3,(H2,19,21,22,23). The minimum Gasteiger partial charge on any atom is -0.494 e. The first-order chi connectivity index (χ1) is 11.8. The fraction of sp³-hybridized carbons (Fsp3) is 0.167. The lowest BCUT2D eigenvalue weighted by Gasteiger charge is -2.10. The van der Waals surface area contributed by atoms with Crippen molar-refractivity contribution in [2.75, 3.05) is 24.3 Å². The van der Waals surface area contributed by atoms with Crippen LogP contribution >= 0.6 is 0 Å². The fourth-order valence-corrected chi connectivity index (χ4v) is 2.22. The summed E-state index contributed by atoms with van der Waals surface area (Å²) in [7, 11) is 1.79. The number of benzene rings is 1. The molecular formula is C18H19N5O. The Kier molecular flexibility index (Phi) is 4.86. The summed E-state index contributed by atoms with van der Waals surface area (Å²) in [4.78, 5) is 13.2. The van der Waals surface area contributed by atoms with Crippen molar-refractivity contribution in [1.29, 1.82) is 0 Å². The molecule has 0 unspecified atom stereocenters. The summed E-state index contributed by atoms with van der Waals surface area (Å²) in [6.07, 6.45) is 1.75. The minimum absolute atomic E-state index is 0.534. The third-order valence-electron chi connectivity index (χ3n) is 3.31. The van der Waals surface area contributed by atoms with Crippen LogP contribution < -0.4 is 15.4 Å². The molecule has 0 atom stereocenters. The van der Waals surface area contributed by atoms with Gasteiger partial charge in [0.25, 0.3) is 0 Å². The highest BCUT2D eigenvalue weighted by Gasteiger charge is 2.07. The molecular weight excluding hydrogens is 302 g/mol. The lowest BCUT2D eigenvalue weighted by atomic mass is 10.2. The normalized spacial score (nSPS) is 10.2. The van der Waals surface area contributed by atoms with E-state index in [1.807, 2.05) is 55.5 Å². The lowest BCUT2D eigenvalue weighted by Crippen LogP contribution is -2.02. The molecule has 0 saturated carbocycles. The number of ether oxygens (including phenoxy) is 1. The van der Waals surface area contributed by atoms with Crippen LogP contribution in [0.2, 0.25) is 0 Å². The van der Waals surface area contributed by atoms with Crippen LogP contribution in [0, 0.1) is 0 Å². The summed E-state index contributed by atoms with van der Waals surface area (Å²) < 4.78 is 5.45. The van der Waals surface area contributed by atoms with E-state index in [1.165, 1.54) is 0 Å². The second-order valence-electron chi connectivity index (χ2n) is 5.01. The van der Waals surface area contributed by atoms with Crippen molar-refractivity contribution in [2.24, 2.45) is 0 Å². The molecule has 0 fully saturated rings. The Morgan fingerprint density at radius 3 is 2.50 bits per heavy atom. The van der Waals surface area contributed by atoms with Gasteiger partial charge in [-0.05, 0) is 43.3 Å². The first-order valence-electron chi connectivity index (χ1n) is 7.76. The van der Waals surface area contributed by atoms with E-state index >= 15 is 0 Å². The van der Waals surface area contributed by atoms with Crippen molar-refractivity contribution < 1.29 is 4.74 Å². The van der Waals surface area contributed by atoms with Gasteiger partial charge < -0.3 is 15.4 Å². The van der Waals surface area contributed by atoms with E-state index in [4.69, 9.17) is 4.74 Å². The Balaban J connectivity index is 1.87. The van der Waals surface area contributed by atoms with Gasteiger partial charge in [0.2, 0.25) is 5.95 Å². The Hall–Kier alpha value is -3.15. The molecule has 2 aromatic heterocycles. The topological polar surface area (TPSA) is 72.0 Å². The second-order valence-corrected chi connectivity index (χ2v) is 5.01. The van der Waals surface area contributed by atoms with Gasteiger partial charge in [0.1, 0.15) is 11.6 Å². The molecule has 6 heteroatoms. The highest BCUT2D eigenvalue weighted by Crippen LogP contribution is 2.23. The van der Waals surface area contributed by atoms with Gasteiger partial charge in [-0.3, -0.25) is 4.98 Å². The number of pyridine rings is 1. The molecule has 2 N–H and O–H groups in total. The Morgan fingerprint density at radius 1 is 1.00 bits per heavy atom. The van der Waals surface area contributed by atoms with Gasteiger partial charge in [-0.2, -0.15) is 4.98 Å². The molecule has 0 saturated heterocycles. The summed E-state index contributed by atoms with van der Waals surface area (Å²) in [5.41, 5.74) is 2.47. The van der Waals surface area contributed by atoms with Gasteiger partial charge in [-0.15, -0.1) is 0 Å². The van der Waals surface area contributed by atoms with E-state index in [2.05, 4.69) is 25.6 Å². The zero-order valence-corrected chi connectivity index (χ0v) is 13.7. The smallest absolute Gasteiger partial charge is 0.225 e. The minimum atomic E-state index is 0.534. The predicted octanol–water partition coefficient (Wildman–Crippen LogP) is 3.72. The van der Waals surface area contributed by atoms with E-state index in [-0.39, 0.29) is 0 Å². The van der Waals surface area contributed by atoms with E-state index < -0.39 is 0 Å². The van der Waals surface area contributed by atoms with Gasteiger partial charge in [0.05, 0.1) is 18.0 Å². The summed E-state index contributed by atoms with van der Waals surface area (Å²) in [6.45, 7) is 2.61. The summed E-state index contributed by atoms with van der Waals surface area (Å²) >= 11 is 0. The van der Waals surface area contributed by atoms with E-state index in [1.54, 1.807) is 13.2 Å². The van der Waals surface area contributed by atoms with Crippen LogP contribution in [-0.4, -0.2) is 28.6 Å². The van der Waals surface area contributed by atoms with Crippen molar-refractivity contribution in [3.63, 3.8) is 0 Å². The molecule has 3 rings (SSSR count). The van der Waals surface area contributed by atoms with Gasteiger partial charge in [0, 0.05) is 25.0 Å². The first-order valence-corrected chi connectivity index (χ1v) is 7.76. The lowest BCUT2D eigenvalue weighted by molar-refractivity contribution is 0.340. The zero-order chi connectivity index (χ0) is 16.8. The van der Waals surface area contributed by atoms with Crippen LogP contribution in [0.25, 0.3) is 11.4 Å². The fourth-order valence-electron chi connectivity index (χ4n) is 2.22. The Labute approximate surface area is 141 Å². The Morgan fingerprint density at radius 2 is 1.83 bits per heavy atom. The van der Waals surface area contributed by atoms with Crippen molar-refractivity contribution in [3.8, 4) is 17.1 Å². The Bertz CT molecular complexity index is 790. The molecule has 24 heavy (non-hydrogen) atoms. The van der Waals surface area contributed by atoms with Gasteiger partial charge in [-0.1, -0.05) is 6.07 Å². The van der Waals surface area contributed by atoms with Crippen molar-refractivity contribution >= 4 is 17.5 Å². The molecule has 0 radical (unpaired) electrons. The number of hydrogen-bond donors (Lipinski definition) is 2. The average molecular weight is 321 g/mol. The SMILES string of the molecule is CCOc1ccc(Nc2cc(-c3ccccn3)nc(NC)n2)cc1. The van der Waals surface area contributed by atoms with Crippen molar-refractivity contribution in [2.45, 2.75) is 6.92 Å². The van der Waals surface area contributed by atoms with Crippen molar-refractivity contribution in [3.05, 3.63) is 54.7 Å². The second kappa shape index (κ2) is 7.41. The number of anilines is 3. The molecule has 0 spiro atoms. The first kappa shape index (κ1) is 15.7. The highest BCUT2D eigenvalue weighted by atomic mass is 16.5. The van der Waals surface area contributed by atoms with Gasteiger partial charge in [0.15, 0.2) is 0 Å². The molecule has 0 bridgehead atoms. The summed E-state index contributed by atoms with van der Waals surface area (Å²) in [5.74, 6) is 2.07.